The summed E-state index contributed by atoms with van der Waals surface area (Å²) in [5.74, 6) is 2.12. The van der Waals surface area contributed by atoms with Crippen molar-refractivity contribution < 1.29 is 4.74 Å². The van der Waals surface area contributed by atoms with Gasteiger partial charge in [0.1, 0.15) is 5.84 Å². The second-order valence-corrected chi connectivity index (χ2v) is 7.53. The van der Waals surface area contributed by atoms with Crippen LogP contribution in [0.25, 0.3) is 0 Å². The van der Waals surface area contributed by atoms with E-state index < -0.39 is 0 Å². The number of aromatic amines is 1. The Hall–Kier alpha value is -3.53. The maximum absolute atomic E-state index is 5.77. The van der Waals surface area contributed by atoms with Gasteiger partial charge >= 0.3 is 0 Å². The van der Waals surface area contributed by atoms with Gasteiger partial charge < -0.3 is 20.7 Å². The average Bonchev–Trinajstić information content (AvgIpc) is 3.21. The van der Waals surface area contributed by atoms with Gasteiger partial charge in [-0.05, 0) is 32.2 Å². The fourth-order valence-electron chi connectivity index (χ4n) is 2.71. The van der Waals surface area contributed by atoms with E-state index in [1.54, 1.807) is 32.1 Å². The Labute approximate surface area is 193 Å². The lowest BCUT2D eigenvalue weighted by Gasteiger charge is -2.20. The molecule has 0 unspecified atom stereocenters. The molecule has 0 aromatic carbocycles. The summed E-state index contributed by atoms with van der Waals surface area (Å²) in [6.07, 6.45) is 6.83. The zero-order valence-corrected chi connectivity index (χ0v) is 20.1. The summed E-state index contributed by atoms with van der Waals surface area (Å²) >= 11 is 1.59. The molecular formula is C22H30N8OS. The van der Waals surface area contributed by atoms with Crippen molar-refractivity contribution in [3.05, 3.63) is 65.6 Å². The van der Waals surface area contributed by atoms with Crippen LogP contribution < -0.4 is 16.0 Å². The molecule has 0 saturated carbocycles. The van der Waals surface area contributed by atoms with Crippen LogP contribution in [-0.4, -0.2) is 54.7 Å². The van der Waals surface area contributed by atoms with Crippen molar-refractivity contribution in [3.63, 3.8) is 0 Å². The van der Waals surface area contributed by atoms with Gasteiger partial charge in [0.05, 0.1) is 24.0 Å². The minimum Gasteiger partial charge on any atom is -0.492 e. The van der Waals surface area contributed by atoms with E-state index in [1.807, 2.05) is 56.4 Å². The van der Waals surface area contributed by atoms with Crippen LogP contribution in [0, 0.1) is 6.92 Å². The zero-order valence-electron chi connectivity index (χ0n) is 19.3. The Morgan fingerprint density at radius 1 is 1.41 bits per heavy atom. The summed E-state index contributed by atoms with van der Waals surface area (Å²) in [5, 5.41) is 11.3. The van der Waals surface area contributed by atoms with Crippen molar-refractivity contribution in [1.29, 1.82) is 0 Å². The van der Waals surface area contributed by atoms with Crippen LogP contribution in [0.3, 0.4) is 0 Å². The summed E-state index contributed by atoms with van der Waals surface area (Å²) in [5.41, 5.74) is 8.72. The molecule has 0 aliphatic heterocycles. The molecule has 0 radical (unpaired) electrons. The van der Waals surface area contributed by atoms with E-state index in [0.717, 1.165) is 16.4 Å². The number of aryl methyl sites for hydroxylation is 1. The Morgan fingerprint density at radius 2 is 2.16 bits per heavy atom. The molecule has 4 N–H and O–H groups in total. The molecule has 2 aromatic rings. The number of rotatable bonds is 9. The summed E-state index contributed by atoms with van der Waals surface area (Å²) in [7, 11) is 5.13. The van der Waals surface area contributed by atoms with Crippen LogP contribution in [0.2, 0.25) is 0 Å². The number of nitrogens with two attached hydrogens (primary N) is 1. The Morgan fingerprint density at radius 3 is 2.66 bits per heavy atom. The predicted molar refractivity (Wildman–Crippen MR) is 134 cm³/mol. The van der Waals surface area contributed by atoms with Gasteiger partial charge in [-0.2, -0.15) is 5.10 Å². The first-order valence-corrected chi connectivity index (χ1v) is 11.0. The molecule has 0 aliphatic carbocycles. The molecule has 0 spiro atoms. The number of methoxy groups -OCH3 is 1. The van der Waals surface area contributed by atoms with Crippen molar-refractivity contribution in [2.24, 2.45) is 15.7 Å². The fourth-order valence-corrected chi connectivity index (χ4v) is 3.07. The number of aliphatic imine (C=N–C) groups is 2. The Kier molecular flexibility index (Phi) is 9.08. The van der Waals surface area contributed by atoms with Crippen LogP contribution in [0.4, 0.5) is 11.5 Å². The van der Waals surface area contributed by atoms with Gasteiger partial charge in [-0.1, -0.05) is 6.58 Å². The summed E-state index contributed by atoms with van der Waals surface area (Å²) in [4.78, 5) is 15.2. The van der Waals surface area contributed by atoms with Gasteiger partial charge in [0.25, 0.3) is 0 Å². The van der Waals surface area contributed by atoms with Crippen molar-refractivity contribution in [2.75, 3.05) is 37.7 Å². The molecule has 0 bridgehead atoms. The zero-order chi connectivity index (χ0) is 23.7. The van der Waals surface area contributed by atoms with E-state index in [2.05, 4.69) is 32.1 Å². The molecule has 2 aromatic heterocycles. The van der Waals surface area contributed by atoms with Crippen molar-refractivity contribution in [1.82, 2.24) is 15.2 Å². The number of anilines is 2. The lowest BCUT2D eigenvalue weighted by atomic mass is 10.1. The van der Waals surface area contributed by atoms with E-state index in [-0.39, 0.29) is 0 Å². The molecule has 0 aliphatic rings. The third kappa shape index (κ3) is 6.24. The number of ether oxygens (including phenoxy) is 1. The second-order valence-electron chi connectivity index (χ2n) is 6.71. The predicted octanol–water partition coefficient (Wildman–Crippen LogP) is 3.72. The van der Waals surface area contributed by atoms with Crippen LogP contribution in [0.5, 0.6) is 0 Å². The van der Waals surface area contributed by atoms with Crippen molar-refractivity contribution in [2.45, 2.75) is 18.9 Å². The summed E-state index contributed by atoms with van der Waals surface area (Å²) < 4.78 is 5.68. The molecular weight excluding hydrogens is 424 g/mol. The Balaban J connectivity index is 2.52. The molecule has 32 heavy (non-hydrogen) atoms. The highest BCUT2D eigenvalue weighted by molar-refractivity contribution is 7.98. The molecule has 9 nitrogen and oxygen atoms in total. The number of amidine groups is 1. The lowest BCUT2D eigenvalue weighted by molar-refractivity contribution is 0.298. The molecule has 2 rings (SSSR count). The summed E-state index contributed by atoms with van der Waals surface area (Å²) in [6.45, 7) is 7.93. The minimum atomic E-state index is 0.408. The first-order valence-electron chi connectivity index (χ1n) is 9.74. The molecule has 2 heterocycles. The fraction of sp³-hybridized carbons (Fsp3) is 0.273. The standard InChI is InChI=1S/C22H30N8OS/c1-14-10-19(29-28-14)27-22(21(31-6)15(2)17(11-23)12-24-4)26-16(3)30(5)18-8-9-20(32-7)25-13-18/h8-13H,2,23H2,1,3-7H3,(H2,27,28,29)/b17-11+,22-21-,24-12?,26-16+. The monoisotopic (exact) mass is 454 g/mol. The SMILES string of the molecule is C=C(/C(C=NC)=C/N)/C(OC)=C(\N=C(/C)N(C)c1ccc(SC)nc1)Nc1cc(C)[nH]n1. The minimum absolute atomic E-state index is 0.408. The number of H-pyrrole nitrogens is 1. The van der Waals surface area contributed by atoms with E-state index in [9.17, 15) is 0 Å². The van der Waals surface area contributed by atoms with Gasteiger partial charge in [-0.3, -0.25) is 10.1 Å². The van der Waals surface area contributed by atoms with Gasteiger partial charge in [-0.15, -0.1) is 11.8 Å². The van der Waals surface area contributed by atoms with Crippen molar-refractivity contribution in [3.8, 4) is 0 Å². The maximum Gasteiger partial charge on any atom is 0.176 e. The smallest absolute Gasteiger partial charge is 0.176 e. The van der Waals surface area contributed by atoms with Gasteiger partial charge in [-0.25, -0.2) is 9.98 Å². The topological polar surface area (TPSA) is 117 Å². The third-order valence-electron chi connectivity index (χ3n) is 4.52. The molecule has 0 amide bonds. The van der Waals surface area contributed by atoms with Crippen LogP contribution in [0.1, 0.15) is 12.6 Å². The molecule has 0 atom stereocenters. The highest BCUT2D eigenvalue weighted by Crippen LogP contribution is 2.24. The van der Waals surface area contributed by atoms with Crippen LogP contribution >= 0.6 is 11.8 Å². The number of pyridine rings is 1. The number of nitrogens with zero attached hydrogens (tertiary/aromatic N) is 5. The first kappa shape index (κ1) is 24.7. The molecule has 170 valence electrons. The maximum atomic E-state index is 5.77. The molecule has 10 heteroatoms. The number of hydrogen-bond donors (Lipinski definition) is 3. The number of thioether (sulfide) groups is 1. The van der Waals surface area contributed by atoms with E-state index in [1.165, 1.54) is 6.20 Å². The lowest BCUT2D eigenvalue weighted by Crippen LogP contribution is -2.24. The largest absolute Gasteiger partial charge is 0.492 e. The average molecular weight is 455 g/mol. The quantitative estimate of drug-likeness (QED) is 0.174. The number of allylic oxidation sites excluding steroid dienone is 1. The normalized spacial score (nSPS) is 13.2. The number of nitrogens with one attached hydrogen (secondary N) is 2. The van der Waals surface area contributed by atoms with Gasteiger partial charge in [0.2, 0.25) is 0 Å². The highest BCUT2D eigenvalue weighted by atomic mass is 32.2. The van der Waals surface area contributed by atoms with E-state index >= 15 is 0 Å². The second kappa shape index (κ2) is 11.8. The van der Waals surface area contributed by atoms with Crippen LogP contribution in [0.15, 0.2) is 74.9 Å². The summed E-state index contributed by atoms with van der Waals surface area (Å²) in [6, 6.07) is 5.83. The third-order valence-corrected chi connectivity index (χ3v) is 5.18. The number of aromatic nitrogens is 3. The van der Waals surface area contributed by atoms with Gasteiger partial charge in [0, 0.05) is 49.4 Å². The van der Waals surface area contributed by atoms with Crippen LogP contribution in [-0.2, 0) is 4.74 Å². The number of hydrogen-bond acceptors (Lipinski definition) is 8. The van der Waals surface area contributed by atoms with Crippen molar-refractivity contribution >= 4 is 35.3 Å². The van der Waals surface area contributed by atoms with E-state index in [4.69, 9.17) is 15.5 Å². The van der Waals surface area contributed by atoms with E-state index in [0.29, 0.717) is 34.4 Å². The molecule has 0 saturated heterocycles. The Bertz CT molecular complexity index is 1050. The highest BCUT2D eigenvalue weighted by Gasteiger charge is 2.17. The first-order chi connectivity index (χ1) is 15.3. The molecule has 0 fully saturated rings. The van der Waals surface area contributed by atoms with Gasteiger partial charge in [0.15, 0.2) is 17.4 Å².